The van der Waals surface area contributed by atoms with Gasteiger partial charge in [-0.05, 0) is 35.4 Å². The number of nitrogens with one attached hydrogen (secondary N) is 1. The quantitative estimate of drug-likeness (QED) is 0.754. The number of aromatic nitrogens is 2. The zero-order chi connectivity index (χ0) is 15.7. The maximum atomic E-state index is 13.1. The molecule has 1 aromatic heterocycles. The van der Waals surface area contributed by atoms with E-state index in [-0.39, 0.29) is 17.2 Å². The van der Waals surface area contributed by atoms with E-state index in [1.165, 1.54) is 18.5 Å². The molecular weight excluding hydrogens is 283 g/mol. The Kier molecular flexibility index (Phi) is 3.55. The molecule has 1 heterocycles. The molecule has 3 rings (SSSR count). The Labute approximate surface area is 125 Å². The van der Waals surface area contributed by atoms with Crippen LogP contribution >= 0.6 is 0 Å². The number of hydrogen-bond acceptors (Lipinski definition) is 3. The first-order valence-corrected chi connectivity index (χ1v) is 6.90. The van der Waals surface area contributed by atoms with Crippen molar-refractivity contribution in [2.75, 3.05) is 0 Å². The topological polar surface area (TPSA) is 62.8 Å². The van der Waals surface area contributed by atoms with Crippen molar-refractivity contribution in [3.8, 4) is 11.1 Å². The second-order valence-corrected chi connectivity index (χ2v) is 4.94. The first-order valence-electron chi connectivity index (χ1n) is 6.90. The molecule has 0 amide bonds. The summed E-state index contributed by atoms with van der Waals surface area (Å²) in [5, 5.41) is 0.348. The van der Waals surface area contributed by atoms with E-state index in [9.17, 15) is 14.0 Å². The van der Waals surface area contributed by atoms with Gasteiger partial charge >= 0.3 is 0 Å². The second-order valence-electron chi connectivity index (χ2n) is 4.94. The maximum absolute atomic E-state index is 13.1. The van der Waals surface area contributed by atoms with Crippen molar-refractivity contribution in [3.05, 3.63) is 64.5 Å². The lowest BCUT2D eigenvalue weighted by atomic mass is 9.97. The number of aromatic amines is 1. The van der Waals surface area contributed by atoms with E-state index < -0.39 is 0 Å². The van der Waals surface area contributed by atoms with Crippen molar-refractivity contribution in [1.29, 1.82) is 0 Å². The molecule has 110 valence electrons. The molecule has 0 saturated heterocycles. The SMILES string of the molecule is CCC(=O)c1cc(-c2ccc(F)cc2)cc2c(=O)[nH]cnc12. The van der Waals surface area contributed by atoms with Gasteiger partial charge in [0.05, 0.1) is 17.2 Å². The van der Waals surface area contributed by atoms with Crippen LogP contribution in [0.25, 0.3) is 22.0 Å². The molecule has 0 fully saturated rings. The summed E-state index contributed by atoms with van der Waals surface area (Å²) in [6.07, 6.45) is 1.60. The molecule has 5 heteroatoms. The largest absolute Gasteiger partial charge is 0.313 e. The lowest BCUT2D eigenvalue weighted by molar-refractivity contribution is 0.0989. The Bertz CT molecular complexity index is 914. The van der Waals surface area contributed by atoms with E-state index in [2.05, 4.69) is 9.97 Å². The molecule has 22 heavy (non-hydrogen) atoms. The van der Waals surface area contributed by atoms with E-state index in [0.717, 1.165) is 5.56 Å². The van der Waals surface area contributed by atoms with Crippen molar-refractivity contribution in [1.82, 2.24) is 9.97 Å². The highest BCUT2D eigenvalue weighted by Crippen LogP contribution is 2.26. The van der Waals surface area contributed by atoms with Crippen LogP contribution in [0.5, 0.6) is 0 Å². The fraction of sp³-hybridized carbons (Fsp3) is 0.118. The van der Waals surface area contributed by atoms with Crippen LogP contribution in [-0.4, -0.2) is 15.8 Å². The van der Waals surface area contributed by atoms with Crippen molar-refractivity contribution < 1.29 is 9.18 Å². The number of rotatable bonds is 3. The van der Waals surface area contributed by atoms with Crippen LogP contribution in [0.3, 0.4) is 0 Å². The third-order valence-corrected chi connectivity index (χ3v) is 3.54. The van der Waals surface area contributed by atoms with Crippen molar-refractivity contribution >= 4 is 16.7 Å². The second kappa shape index (κ2) is 5.52. The number of ketones is 1. The van der Waals surface area contributed by atoms with Gasteiger partial charge in [-0.3, -0.25) is 9.59 Å². The van der Waals surface area contributed by atoms with Gasteiger partial charge in [0.2, 0.25) is 0 Å². The van der Waals surface area contributed by atoms with Crippen LogP contribution in [0.15, 0.2) is 47.5 Å². The molecule has 0 radical (unpaired) electrons. The zero-order valence-electron chi connectivity index (χ0n) is 11.9. The number of nitrogens with zero attached hydrogens (tertiary/aromatic N) is 1. The lowest BCUT2D eigenvalue weighted by Gasteiger charge is -2.08. The molecule has 0 saturated carbocycles. The Balaban J connectivity index is 2.32. The number of carbonyl (C=O) groups excluding carboxylic acids is 1. The third-order valence-electron chi connectivity index (χ3n) is 3.54. The van der Waals surface area contributed by atoms with Gasteiger partial charge in [0.25, 0.3) is 5.56 Å². The summed E-state index contributed by atoms with van der Waals surface area (Å²) in [7, 11) is 0. The summed E-state index contributed by atoms with van der Waals surface area (Å²) < 4.78 is 13.1. The third kappa shape index (κ3) is 2.41. The highest BCUT2D eigenvalue weighted by molar-refractivity contribution is 6.08. The Morgan fingerprint density at radius 2 is 1.91 bits per heavy atom. The van der Waals surface area contributed by atoms with Crippen molar-refractivity contribution in [3.63, 3.8) is 0 Å². The number of halogens is 1. The standard InChI is InChI=1S/C17H13FN2O2/c1-2-15(21)13-7-11(10-3-5-12(18)6-4-10)8-14-16(13)19-9-20-17(14)22/h3-9H,2H2,1H3,(H,19,20,22). The monoisotopic (exact) mass is 296 g/mol. The molecule has 1 N–H and O–H groups in total. The van der Waals surface area contributed by atoms with Gasteiger partial charge in [0.1, 0.15) is 5.82 Å². The van der Waals surface area contributed by atoms with Crippen LogP contribution in [0.4, 0.5) is 4.39 Å². The molecule has 2 aromatic carbocycles. The van der Waals surface area contributed by atoms with Gasteiger partial charge in [-0.2, -0.15) is 0 Å². The van der Waals surface area contributed by atoms with Crippen LogP contribution in [0, 0.1) is 5.82 Å². The van der Waals surface area contributed by atoms with Crippen molar-refractivity contribution in [2.24, 2.45) is 0 Å². The number of Topliss-reactive ketones (excluding diaryl/α,β-unsaturated/α-hetero) is 1. The zero-order valence-corrected chi connectivity index (χ0v) is 11.9. The van der Waals surface area contributed by atoms with Gasteiger partial charge in [-0.15, -0.1) is 0 Å². The van der Waals surface area contributed by atoms with Gasteiger partial charge in [-0.1, -0.05) is 19.1 Å². The van der Waals surface area contributed by atoms with Crippen molar-refractivity contribution in [2.45, 2.75) is 13.3 Å². The Hall–Kier alpha value is -2.82. The predicted octanol–water partition coefficient (Wildman–Crippen LogP) is 3.32. The maximum Gasteiger partial charge on any atom is 0.258 e. The van der Waals surface area contributed by atoms with E-state index in [1.807, 2.05) is 0 Å². The highest BCUT2D eigenvalue weighted by atomic mass is 19.1. The van der Waals surface area contributed by atoms with Crippen LogP contribution in [0.1, 0.15) is 23.7 Å². The summed E-state index contributed by atoms with van der Waals surface area (Å²) >= 11 is 0. The molecule has 0 aliphatic heterocycles. The first kappa shape index (κ1) is 14.1. The van der Waals surface area contributed by atoms with Crippen LogP contribution in [-0.2, 0) is 0 Å². The van der Waals surface area contributed by atoms with Gasteiger partial charge < -0.3 is 4.98 Å². The molecule has 0 aliphatic carbocycles. The van der Waals surface area contributed by atoms with Gasteiger partial charge in [-0.25, -0.2) is 9.37 Å². The van der Waals surface area contributed by atoms with E-state index in [1.54, 1.807) is 31.2 Å². The average Bonchev–Trinajstić information content (AvgIpc) is 2.54. The molecule has 0 atom stereocenters. The van der Waals surface area contributed by atoms with E-state index >= 15 is 0 Å². The fourth-order valence-electron chi connectivity index (χ4n) is 2.39. The summed E-state index contributed by atoms with van der Waals surface area (Å²) in [5.41, 5.74) is 1.91. The Morgan fingerprint density at radius 3 is 2.59 bits per heavy atom. The summed E-state index contributed by atoms with van der Waals surface area (Å²) in [4.78, 5) is 30.8. The van der Waals surface area contributed by atoms with Gasteiger partial charge in [0.15, 0.2) is 5.78 Å². The summed E-state index contributed by atoms with van der Waals surface area (Å²) in [6, 6.07) is 9.28. The number of hydrogen-bond donors (Lipinski definition) is 1. The van der Waals surface area contributed by atoms with Gasteiger partial charge in [0, 0.05) is 12.0 Å². The number of benzene rings is 2. The minimum atomic E-state index is -0.339. The number of fused-ring (bicyclic) bond motifs is 1. The molecule has 0 unspecified atom stereocenters. The molecule has 0 spiro atoms. The molecule has 0 bridgehead atoms. The summed E-state index contributed by atoms with van der Waals surface area (Å²) in [5.74, 6) is -0.430. The number of carbonyl (C=O) groups is 1. The lowest BCUT2D eigenvalue weighted by Crippen LogP contribution is -2.10. The fourth-order valence-corrected chi connectivity index (χ4v) is 2.39. The van der Waals surface area contributed by atoms with Crippen LogP contribution in [0.2, 0.25) is 0 Å². The predicted molar refractivity (Wildman–Crippen MR) is 82.4 cm³/mol. The minimum Gasteiger partial charge on any atom is -0.313 e. The highest BCUT2D eigenvalue weighted by Gasteiger charge is 2.14. The minimum absolute atomic E-state index is 0.0907. The smallest absolute Gasteiger partial charge is 0.258 e. The molecule has 0 aliphatic rings. The average molecular weight is 296 g/mol. The Morgan fingerprint density at radius 1 is 1.18 bits per heavy atom. The summed E-state index contributed by atoms with van der Waals surface area (Å²) in [6.45, 7) is 1.76. The normalized spacial score (nSPS) is 10.8. The number of H-pyrrole nitrogens is 1. The molecule has 4 nitrogen and oxygen atoms in total. The van der Waals surface area contributed by atoms with Crippen LogP contribution < -0.4 is 5.56 Å². The van der Waals surface area contributed by atoms with E-state index in [4.69, 9.17) is 0 Å². The molecular formula is C17H13FN2O2. The first-order chi connectivity index (χ1) is 10.6. The molecule has 3 aromatic rings. The van der Waals surface area contributed by atoms with E-state index in [0.29, 0.717) is 28.5 Å².